The number of carbonyl (C=O) groups is 2. The van der Waals surface area contributed by atoms with Gasteiger partial charge in [0.15, 0.2) is 0 Å². The second-order valence-electron chi connectivity index (χ2n) is 6.35. The van der Waals surface area contributed by atoms with Gasteiger partial charge in [-0.15, -0.1) is 0 Å². The zero-order valence-corrected chi connectivity index (χ0v) is 13.8. The van der Waals surface area contributed by atoms with Crippen LogP contribution < -0.4 is 5.32 Å². The van der Waals surface area contributed by atoms with E-state index in [0.29, 0.717) is 18.4 Å². The second-order valence-corrected chi connectivity index (χ2v) is 8.49. The summed E-state index contributed by atoms with van der Waals surface area (Å²) in [4.78, 5) is 23.4. The summed E-state index contributed by atoms with van der Waals surface area (Å²) < 4.78 is 22.8. The summed E-state index contributed by atoms with van der Waals surface area (Å²) in [6, 6.07) is 8.70. The number of nitrogens with one attached hydrogen (secondary N) is 1. The van der Waals surface area contributed by atoms with E-state index in [0.717, 1.165) is 0 Å². The average molecular weight is 339 g/mol. The predicted octanol–water partition coefficient (Wildman–Crippen LogP) is 1.19. The summed E-state index contributed by atoms with van der Waals surface area (Å²) in [7, 11) is -3.13. The van der Waals surface area contributed by atoms with Gasteiger partial charge in [-0.1, -0.05) is 30.3 Å². The molecule has 1 amide bonds. The van der Waals surface area contributed by atoms with Crippen LogP contribution in [0, 0.1) is 5.41 Å². The lowest BCUT2D eigenvalue weighted by Gasteiger charge is -2.16. The molecule has 0 saturated heterocycles. The first-order chi connectivity index (χ1) is 10.7. The number of carboxylic acid groups (broad SMARTS) is 1. The third-order valence-corrected chi connectivity index (χ3v) is 5.20. The Hall–Kier alpha value is -1.89. The van der Waals surface area contributed by atoms with Crippen LogP contribution in [0.4, 0.5) is 0 Å². The molecule has 0 aliphatic heterocycles. The maximum atomic E-state index is 12.0. The second kappa shape index (κ2) is 6.70. The van der Waals surface area contributed by atoms with E-state index in [1.54, 1.807) is 30.3 Å². The van der Waals surface area contributed by atoms with Crippen molar-refractivity contribution in [2.24, 2.45) is 5.41 Å². The molecule has 0 bridgehead atoms. The van der Waals surface area contributed by atoms with Gasteiger partial charge in [0.25, 0.3) is 0 Å². The highest BCUT2D eigenvalue weighted by Gasteiger charge is 2.46. The average Bonchev–Trinajstić information content (AvgIpc) is 3.16. The smallest absolute Gasteiger partial charge is 0.312 e. The molecule has 2 rings (SSSR count). The highest BCUT2D eigenvalue weighted by atomic mass is 32.2. The molecule has 1 aliphatic rings. The van der Waals surface area contributed by atoms with Crippen LogP contribution in [-0.4, -0.2) is 44.0 Å². The van der Waals surface area contributed by atoms with Gasteiger partial charge < -0.3 is 10.4 Å². The number of sulfone groups is 1. The van der Waals surface area contributed by atoms with E-state index in [1.165, 1.54) is 6.26 Å². The lowest BCUT2D eigenvalue weighted by Crippen LogP contribution is -2.34. The van der Waals surface area contributed by atoms with Gasteiger partial charge in [0, 0.05) is 19.2 Å². The molecule has 1 fully saturated rings. The fourth-order valence-corrected chi connectivity index (χ4v) is 4.26. The maximum absolute atomic E-state index is 12.0. The van der Waals surface area contributed by atoms with Crippen molar-refractivity contribution in [3.05, 3.63) is 35.9 Å². The van der Waals surface area contributed by atoms with Crippen LogP contribution in [-0.2, 0) is 19.4 Å². The summed E-state index contributed by atoms with van der Waals surface area (Å²) >= 11 is 0. The molecule has 0 heterocycles. The maximum Gasteiger partial charge on any atom is 0.312 e. The molecule has 1 aromatic carbocycles. The van der Waals surface area contributed by atoms with Crippen LogP contribution in [0.2, 0.25) is 0 Å². The fourth-order valence-electron chi connectivity index (χ4n) is 2.76. The minimum absolute atomic E-state index is 0.00681. The Balaban J connectivity index is 1.92. The summed E-state index contributed by atoms with van der Waals surface area (Å²) in [5.41, 5.74) is 0.168. The lowest BCUT2D eigenvalue weighted by molar-refractivity contribution is -0.138. The summed E-state index contributed by atoms with van der Waals surface area (Å²) in [6.07, 6.45) is 2.73. The van der Waals surface area contributed by atoms with Crippen LogP contribution in [0.15, 0.2) is 30.3 Å². The first kappa shape index (κ1) is 17.5. The SMILES string of the molecule is CS(=O)(=O)CC1(CC(=O)NCC(C(=O)O)c2ccccc2)CC1. The standard InChI is InChI=1S/C16H21NO5S/c1-23(21,22)11-16(7-8-16)9-14(18)17-10-13(15(19)20)12-5-3-2-4-6-12/h2-6,13H,7-11H2,1H3,(H,17,18)(H,19,20). The number of carbonyl (C=O) groups excluding carboxylic acids is 1. The number of amides is 1. The van der Waals surface area contributed by atoms with Crippen LogP contribution in [0.25, 0.3) is 0 Å². The van der Waals surface area contributed by atoms with Crippen LogP contribution in [0.1, 0.15) is 30.7 Å². The highest BCUT2D eigenvalue weighted by Crippen LogP contribution is 2.49. The molecule has 0 radical (unpaired) electrons. The van der Waals surface area contributed by atoms with Gasteiger partial charge in [-0.2, -0.15) is 0 Å². The van der Waals surface area contributed by atoms with E-state index in [4.69, 9.17) is 0 Å². The van der Waals surface area contributed by atoms with Crippen molar-refractivity contribution in [3.8, 4) is 0 Å². The van der Waals surface area contributed by atoms with E-state index in [1.807, 2.05) is 0 Å². The van der Waals surface area contributed by atoms with Crippen molar-refractivity contribution < 1.29 is 23.1 Å². The molecule has 1 saturated carbocycles. The molecule has 1 aliphatic carbocycles. The fraction of sp³-hybridized carbons (Fsp3) is 0.500. The van der Waals surface area contributed by atoms with Gasteiger partial charge in [0.2, 0.25) is 5.91 Å². The molecule has 6 nitrogen and oxygen atoms in total. The molecule has 1 atom stereocenters. The van der Waals surface area contributed by atoms with Gasteiger partial charge in [-0.25, -0.2) is 8.42 Å². The molecule has 1 aromatic rings. The van der Waals surface area contributed by atoms with Crippen molar-refractivity contribution in [1.29, 1.82) is 0 Å². The molecular weight excluding hydrogens is 318 g/mol. The van der Waals surface area contributed by atoms with Crippen molar-refractivity contribution in [2.75, 3.05) is 18.6 Å². The summed E-state index contributed by atoms with van der Waals surface area (Å²) in [5, 5.41) is 11.9. The molecule has 23 heavy (non-hydrogen) atoms. The molecule has 0 spiro atoms. The normalized spacial score (nSPS) is 17.3. The Bertz CT molecular complexity index is 680. The zero-order valence-electron chi connectivity index (χ0n) is 13.0. The number of rotatable bonds is 8. The number of carboxylic acids is 1. The number of aliphatic carboxylic acids is 1. The van der Waals surface area contributed by atoms with Gasteiger partial charge in [-0.05, 0) is 23.8 Å². The van der Waals surface area contributed by atoms with E-state index >= 15 is 0 Å². The monoisotopic (exact) mass is 339 g/mol. The largest absolute Gasteiger partial charge is 0.481 e. The summed E-state index contributed by atoms with van der Waals surface area (Å²) in [5.74, 6) is -2.11. The lowest BCUT2D eigenvalue weighted by atomic mass is 9.99. The van der Waals surface area contributed by atoms with E-state index in [2.05, 4.69) is 5.32 Å². The third-order valence-electron chi connectivity index (χ3n) is 4.06. The van der Waals surface area contributed by atoms with E-state index in [-0.39, 0.29) is 24.6 Å². The Labute approximate surface area is 135 Å². The summed E-state index contributed by atoms with van der Waals surface area (Å²) in [6.45, 7) is -0.00681. The van der Waals surface area contributed by atoms with Crippen LogP contribution in [0.3, 0.4) is 0 Å². The number of hydrogen-bond donors (Lipinski definition) is 2. The van der Waals surface area contributed by atoms with E-state index < -0.39 is 27.1 Å². The Kier molecular flexibility index (Phi) is 5.09. The Morgan fingerprint density at radius 1 is 1.26 bits per heavy atom. The molecule has 1 unspecified atom stereocenters. The third kappa shape index (κ3) is 5.35. The van der Waals surface area contributed by atoms with Crippen molar-refractivity contribution in [2.45, 2.75) is 25.2 Å². The van der Waals surface area contributed by atoms with Crippen LogP contribution >= 0.6 is 0 Å². The van der Waals surface area contributed by atoms with Crippen molar-refractivity contribution >= 4 is 21.7 Å². The van der Waals surface area contributed by atoms with Crippen LogP contribution in [0.5, 0.6) is 0 Å². The van der Waals surface area contributed by atoms with Crippen molar-refractivity contribution in [3.63, 3.8) is 0 Å². The molecular formula is C16H21NO5S. The Morgan fingerprint density at radius 3 is 2.35 bits per heavy atom. The Morgan fingerprint density at radius 2 is 1.87 bits per heavy atom. The van der Waals surface area contributed by atoms with E-state index in [9.17, 15) is 23.1 Å². The molecule has 2 N–H and O–H groups in total. The topological polar surface area (TPSA) is 101 Å². The number of hydrogen-bond acceptors (Lipinski definition) is 4. The van der Waals surface area contributed by atoms with Crippen molar-refractivity contribution in [1.82, 2.24) is 5.32 Å². The molecule has 126 valence electrons. The zero-order chi connectivity index (χ0) is 17.1. The van der Waals surface area contributed by atoms with Gasteiger partial charge in [0.1, 0.15) is 9.84 Å². The predicted molar refractivity (Wildman–Crippen MR) is 85.8 cm³/mol. The first-order valence-corrected chi connectivity index (χ1v) is 9.49. The van der Waals surface area contributed by atoms with Gasteiger partial charge >= 0.3 is 5.97 Å². The molecule has 0 aromatic heterocycles. The van der Waals surface area contributed by atoms with Gasteiger partial charge in [0.05, 0.1) is 11.7 Å². The minimum atomic E-state index is -3.13. The molecule has 7 heteroatoms. The minimum Gasteiger partial charge on any atom is -0.481 e. The first-order valence-electron chi connectivity index (χ1n) is 7.43. The quantitative estimate of drug-likeness (QED) is 0.741. The van der Waals surface area contributed by atoms with Gasteiger partial charge in [-0.3, -0.25) is 9.59 Å². The number of benzene rings is 1. The highest BCUT2D eigenvalue weighted by molar-refractivity contribution is 7.90.